The molecule has 2 rings (SSSR count). The van der Waals surface area contributed by atoms with Crippen molar-refractivity contribution in [3.8, 4) is 11.5 Å². The van der Waals surface area contributed by atoms with Crippen molar-refractivity contribution in [2.45, 2.75) is 0 Å². The molecule has 0 aromatic heterocycles. The van der Waals surface area contributed by atoms with Crippen molar-refractivity contribution >= 4 is 51.2 Å². The summed E-state index contributed by atoms with van der Waals surface area (Å²) in [7, 11) is 6.10. The Hall–Kier alpha value is -1.93. The molecule has 23 heavy (non-hydrogen) atoms. The minimum atomic E-state index is -0.452. The van der Waals surface area contributed by atoms with Gasteiger partial charge in [-0.2, -0.15) is 0 Å². The van der Waals surface area contributed by atoms with Crippen molar-refractivity contribution in [3.63, 3.8) is 0 Å². The molecule has 122 valence electrons. The van der Waals surface area contributed by atoms with E-state index < -0.39 is 11.8 Å². The van der Waals surface area contributed by atoms with Crippen LogP contribution in [0.2, 0.25) is 0 Å². The van der Waals surface area contributed by atoms with Gasteiger partial charge in [0.15, 0.2) is 5.11 Å². The number of halogens is 1. The Morgan fingerprint density at radius 3 is 2.04 bits per heavy atom. The predicted molar refractivity (Wildman–Crippen MR) is 93.4 cm³/mol. The molecule has 0 spiro atoms. The maximum Gasteiger partial charge on any atom is 0.265 e. The molecule has 0 N–H and O–H groups in total. The maximum absolute atomic E-state index is 12.3. The highest BCUT2D eigenvalue weighted by Gasteiger charge is 2.35. The second-order valence-electron chi connectivity index (χ2n) is 4.80. The molecule has 1 saturated heterocycles. The van der Waals surface area contributed by atoms with Crippen molar-refractivity contribution < 1.29 is 19.1 Å². The molecule has 0 atom stereocenters. The fourth-order valence-corrected chi connectivity index (χ4v) is 2.82. The third-order valence-corrected chi connectivity index (χ3v) is 4.62. The number of thiocarbonyl (C=S) groups is 1. The maximum atomic E-state index is 12.3. The van der Waals surface area contributed by atoms with E-state index in [1.54, 1.807) is 12.1 Å². The van der Waals surface area contributed by atoms with Crippen LogP contribution in [0.1, 0.15) is 5.56 Å². The van der Waals surface area contributed by atoms with Crippen LogP contribution in [0.3, 0.4) is 0 Å². The molecule has 2 amide bonds. The highest BCUT2D eigenvalue weighted by Crippen LogP contribution is 2.34. The van der Waals surface area contributed by atoms with Crippen molar-refractivity contribution in [1.29, 1.82) is 0 Å². The number of hydrogen-bond acceptors (Lipinski definition) is 5. The molecular formula is C15H15BrN2O4S. The van der Waals surface area contributed by atoms with Gasteiger partial charge in [-0.3, -0.25) is 19.4 Å². The number of carbonyl (C=O) groups is 2. The van der Waals surface area contributed by atoms with Crippen LogP contribution in [0.15, 0.2) is 22.2 Å². The summed E-state index contributed by atoms with van der Waals surface area (Å²) in [6.07, 6.45) is 1.49. The number of ether oxygens (including phenoxy) is 2. The first-order chi connectivity index (χ1) is 10.8. The first-order valence-electron chi connectivity index (χ1n) is 6.55. The zero-order chi connectivity index (χ0) is 17.3. The van der Waals surface area contributed by atoms with E-state index >= 15 is 0 Å². The molecule has 1 fully saturated rings. The van der Waals surface area contributed by atoms with Gasteiger partial charge in [-0.1, -0.05) is 0 Å². The van der Waals surface area contributed by atoms with Gasteiger partial charge in [0.25, 0.3) is 11.8 Å². The second kappa shape index (κ2) is 6.67. The van der Waals surface area contributed by atoms with E-state index in [9.17, 15) is 9.59 Å². The highest BCUT2D eigenvalue weighted by atomic mass is 79.9. The van der Waals surface area contributed by atoms with Gasteiger partial charge in [-0.05, 0) is 40.3 Å². The van der Waals surface area contributed by atoms with Crippen molar-refractivity contribution in [1.82, 2.24) is 9.80 Å². The van der Waals surface area contributed by atoms with Crippen LogP contribution < -0.4 is 9.47 Å². The van der Waals surface area contributed by atoms with Gasteiger partial charge in [0.1, 0.15) is 17.1 Å². The van der Waals surface area contributed by atoms with Crippen LogP contribution >= 0.6 is 28.1 Å². The standard InChI is InChI=1S/C15H15BrN2O4S/c1-17-13(19)9(14(20)18(2)15(17)23)5-8-6-10(16)12(22-4)7-11(8)21-3/h5-7H,1-4H3. The zero-order valence-electron chi connectivity index (χ0n) is 13.0. The SMILES string of the molecule is COc1cc(OC)c(C=C2C(=O)N(C)C(=S)N(C)C2=O)cc1Br. The van der Waals surface area contributed by atoms with E-state index in [4.69, 9.17) is 21.7 Å². The Balaban J connectivity index is 2.56. The molecule has 0 aliphatic carbocycles. The Labute approximate surface area is 147 Å². The quantitative estimate of drug-likeness (QED) is 0.443. The third kappa shape index (κ3) is 3.09. The lowest BCUT2D eigenvalue weighted by atomic mass is 10.1. The molecule has 1 aliphatic heterocycles. The minimum absolute atomic E-state index is 0.0129. The van der Waals surface area contributed by atoms with Crippen LogP contribution in [0.5, 0.6) is 11.5 Å². The number of likely N-dealkylation sites (N-methyl/N-ethyl adjacent to an activating group) is 2. The largest absolute Gasteiger partial charge is 0.496 e. The smallest absolute Gasteiger partial charge is 0.265 e. The average Bonchev–Trinajstić information content (AvgIpc) is 2.55. The molecule has 1 heterocycles. The van der Waals surface area contributed by atoms with Crippen LogP contribution in [0.4, 0.5) is 0 Å². The number of nitrogens with zero attached hydrogens (tertiary/aromatic N) is 2. The Morgan fingerprint density at radius 2 is 1.57 bits per heavy atom. The normalized spacial score (nSPS) is 15.2. The van der Waals surface area contributed by atoms with Gasteiger partial charge in [0, 0.05) is 25.7 Å². The predicted octanol–water partition coefficient (Wildman–Crippen LogP) is 2.06. The summed E-state index contributed by atoms with van der Waals surface area (Å²) in [6.45, 7) is 0. The van der Waals surface area contributed by atoms with E-state index in [-0.39, 0.29) is 10.7 Å². The zero-order valence-corrected chi connectivity index (χ0v) is 15.4. The topological polar surface area (TPSA) is 59.1 Å². The van der Waals surface area contributed by atoms with Crippen LogP contribution in [-0.4, -0.2) is 55.0 Å². The fourth-order valence-electron chi connectivity index (χ4n) is 2.13. The summed E-state index contributed by atoms with van der Waals surface area (Å²) in [4.78, 5) is 27.2. The van der Waals surface area contributed by atoms with E-state index in [0.717, 1.165) is 0 Å². The summed E-state index contributed by atoms with van der Waals surface area (Å²) >= 11 is 8.44. The van der Waals surface area contributed by atoms with Crippen LogP contribution in [0, 0.1) is 0 Å². The minimum Gasteiger partial charge on any atom is -0.496 e. The molecule has 8 heteroatoms. The van der Waals surface area contributed by atoms with Crippen molar-refractivity contribution in [2.75, 3.05) is 28.3 Å². The lowest BCUT2D eigenvalue weighted by molar-refractivity contribution is -0.132. The number of hydrogen-bond donors (Lipinski definition) is 0. The molecule has 1 aromatic rings. The Kier molecular flexibility index (Phi) is 5.06. The van der Waals surface area contributed by atoms with Gasteiger partial charge < -0.3 is 9.47 Å². The summed E-state index contributed by atoms with van der Waals surface area (Å²) in [6, 6.07) is 3.39. The van der Waals surface area contributed by atoms with Gasteiger partial charge >= 0.3 is 0 Å². The summed E-state index contributed by atoms with van der Waals surface area (Å²) < 4.78 is 11.2. The molecule has 1 aliphatic rings. The molecular weight excluding hydrogens is 384 g/mol. The third-order valence-electron chi connectivity index (χ3n) is 3.45. The van der Waals surface area contributed by atoms with E-state index in [1.807, 2.05) is 0 Å². The molecule has 0 saturated carbocycles. The lowest BCUT2D eigenvalue weighted by Gasteiger charge is -2.31. The monoisotopic (exact) mass is 398 g/mol. The number of amides is 2. The van der Waals surface area contributed by atoms with Crippen LogP contribution in [0.25, 0.3) is 6.08 Å². The van der Waals surface area contributed by atoms with Gasteiger partial charge in [-0.25, -0.2) is 0 Å². The second-order valence-corrected chi connectivity index (χ2v) is 6.02. The first kappa shape index (κ1) is 17.4. The van der Waals surface area contributed by atoms with Crippen molar-refractivity contribution in [3.05, 3.63) is 27.7 Å². The van der Waals surface area contributed by atoms with Crippen molar-refractivity contribution in [2.24, 2.45) is 0 Å². The Morgan fingerprint density at radius 1 is 1.04 bits per heavy atom. The van der Waals surface area contributed by atoms with E-state index in [2.05, 4.69) is 15.9 Å². The average molecular weight is 399 g/mol. The van der Waals surface area contributed by atoms with E-state index in [1.165, 1.54) is 44.2 Å². The fraction of sp³-hybridized carbons (Fsp3) is 0.267. The molecule has 0 radical (unpaired) electrons. The van der Waals surface area contributed by atoms with Crippen LogP contribution in [-0.2, 0) is 9.59 Å². The van der Waals surface area contributed by atoms with E-state index in [0.29, 0.717) is 21.5 Å². The summed E-state index contributed by atoms with van der Waals surface area (Å²) in [5, 5.41) is 0.167. The molecule has 0 bridgehead atoms. The molecule has 1 aromatic carbocycles. The first-order valence-corrected chi connectivity index (χ1v) is 7.75. The van der Waals surface area contributed by atoms with Gasteiger partial charge in [0.2, 0.25) is 0 Å². The number of benzene rings is 1. The number of carbonyl (C=O) groups excluding carboxylic acids is 2. The molecule has 6 nitrogen and oxygen atoms in total. The molecule has 0 unspecified atom stereocenters. The van der Waals surface area contributed by atoms with Gasteiger partial charge in [0.05, 0.1) is 18.7 Å². The summed E-state index contributed by atoms with van der Waals surface area (Å²) in [5.74, 6) is 0.163. The highest BCUT2D eigenvalue weighted by molar-refractivity contribution is 9.10. The van der Waals surface area contributed by atoms with Gasteiger partial charge in [-0.15, -0.1) is 0 Å². The Bertz CT molecular complexity index is 706. The lowest BCUT2D eigenvalue weighted by Crippen LogP contribution is -2.52. The number of rotatable bonds is 3. The summed E-state index contributed by atoms with van der Waals surface area (Å²) in [5.41, 5.74) is 0.588. The number of methoxy groups -OCH3 is 2.